The molecule has 1 N–H and O–H groups in total. The third-order valence-corrected chi connectivity index (χ3v) is 4.23. The number of nitrogens with one attached hydrogen (secondary N) is 1. The lowest BCUT2D eigenvalue weighted by Crippen LogP contribution is -2.44. The van der Waals surface area contributed by atoms with Gasteiger partial charge in [-0.05, 0) is 38.3 Å². The second-order valence-corrected chi connectivity index (χ2v) is 5.27. The van der Waals surface area contributed by atoms with Crippen LogP contribution in [0, 0.1) is 5.92 Å². The summed E-state index contributed by atoms with van der Waals surface area (Å²) >= 11 is 0. The Labute approximate surface area is 115 Å². The second kappa shape index (κ2) is 6.04. The maximum atomic E-state index is 4.34. The number of hydrogen-bond acceptors (Lipinski definition) is 3. The fourth-order valence-corrected chi connectivity index (χ4v) is 3.27. The van der Waals surface area contributed by atoms with E-state index >= 15 is 0 Å². The van der Waals surface area contributed by atoms with Crippen LogP contribution in [0.15, 0.2) is 12.3 Å². The third-order valence-electron chi connectivity index (χ3n) is 4.23. The summed E-state index contributed by atoms with van der Waals surface area (Å²) in [5, 5.41) is 7.96. The number of halogens is 1. The fourth-order valence-electron chi connectivity index (χ4n) is 3.27. The molecule has 5 heteroatoms. The van der Waals surface area contributed by atoms with Crippen molar-refractivity contribution in [1.29, 1.82) is 0 Å². The van der Waals surface area contributed by atoms with Crippen molar-refractivity contribution in [1.82, 2.24) is 20.0 Å². The molecule has 1 aromatic rings. The molecule has 4 nitrogen and oxygen atoms in total. The molecule has 0 radical (unpaired) electrons. The number of fused-ring (bicyclic) bond motifs is 1. The molecule has 0 saturated carbocycles. The number of piperidine rings is 1. The standard InChI is InChI=1S/C13H22N4.ClH/c1-2-17-12(4-7-15-17)10-16-8-5-13-11(9-16)3-6-14-13;/h4,7,11,13-14H,2-3,5-6,8-10H2,1H3;1H. The second-order valence-electron chi connectivity index (χ2n) is 5.27. The first-order valence-corrected chi connectivity index (χ1v) is 6.83. The van der Waals surface area contributed by atoms with Gasteiger partial charge in [0, 0.05) is 38.4 Å². The first-order chi connectivity index (χ1) is 8.36. The Morgan fingerprint density at radius 2 is 2.33 bits per heavy atom. The van der Waals surface area contributed by atoms with Crippen LogP contribution in [-0.4, -0.2) is 40.4 Å². The Balaban J connectivity index is 0.00000120. The van der Waals surface area contributed by atoms with Gasteiger partial charge in [-0.2, -0.15) is 5.10 Å². The molecule has 102 valence electrons. The van der Waals surface area contributed by atoms with Crippen molar-refractivity contribution < 1.29 is 0 Å². The monoisotopic (exact) mass is 270 g/mol. The quantitative estimate of drug-likeness (QED) is 0.904. The smallest absolute Gasteiger partial charge is 0.0524 e. The lowest BCUT2D eigenvalue weighted by molar-refractivity contribution is 0.152. The number of likely N-dealkylation sites (tertiary alicyclic amines) is 1. The summed E-state index contributed by atoms with van der Waals surface area (Å²) in [5.41, 5.74) is 1.36. The summed E-state index contributed by atoms with van der Waals surface area (Å²) in [6, 6.07) is 2.95. The van der Waals surface area contributed by atoms with Gasteiger partial charge in [-0.1, -0.05) is 0 Å². The van der Waals surface area contributed by atoms with E-state index in [1.54, 1.807) is 0 Å². The topological polar surface area (TPSA) is 33.1 Å². The van der Waals surface area contributed by atoms with Crippen molar-refractivity contribution in [3.8, 4) is 0 Å². The molecule has 0 spiro atoms. The van der Waals surface area contributed by atoms with E-state index in [1.807, 2.05) is 6.20 Å². The molecule has 2 fully saturated rings. The van der Waals surface area contributed by atoms with Crippen molar-refractivity contribution in [3.05, 3.63) is 18.0 Å². The fraction of sp³-hybridized carbons (Fsp3) is 0.769. The highest BCUT2D eigenvalue weighted by molar-refractivity contribution is 5.85. The Bertz CT molecular complexity index is 379. The van der Waals surface area contributed by atoms with Gasteiger partial charge in [-0.15, -0.1) is 12.4 Å². The van der Waals surface area contributed by atoms with Crippen LogP contribution in [0.2, 0.25) is 0 Å². The van der Waals surface area contributed by atoms with E-state index in [0.29, 0.717) is 0 Å². The van der Waals surface area contributed by atoms with Crippen molar-refractivity contribution in [2.75, 3.05) is 19.6 Å². The molecule has 0 amide bonds. The molecule has 2 atom stereocenters. The molecule has 2 aliphatic rings. The Morgan fingerprint density at radius 1 is 1.44 bits per heavy atom. The molecule has 3 heterocycles. The number of aromatic nitrogens is 2. The summed E-state index contributed by atoms with van der Waals surface area (Å²) in [7, 11) is 0. The predicted octanol–water partition coefficient (Wildman–Crippen LogP) is 1.51. The maximum absolute atomic E-state index is 4.34. The van der Waals surface area contributed by atoms with Crippen LogP contribution in [0.3, 0.4) is 0 Å². The molecule has 2 saturated heterocycles. The lowest BCUT2D eigenvalue weighted by atomic mass is 9.93. The number of aryl methyl sites for hydroxylation is 1. The van der Waals surface area contributed by atoms with Gasteiger partial charge in [0.1, 0.15) is 0 Å². The molecule has 2 unspecified atom stereocenters. The molecule has 3 rings (SSSR count). The number of nitrogens with zero attached hydrogens (tertiary/aromatic N) is 3. The van der Waals surface area contributed by atoms with Crippen LogP contribution in [0.5, 0.6) is 0 Å². The van der Waals surface area contributed by atoms with Gasteiger partial charge < -0.3 is 5.32 Å². The normalized spacial score (nSPS) is 27.8. The van der Waals surface area contributed by atoms with E-state index < -0.39 is 0 Å². The van der Waals surface area contributed by atoms with E-state index in [1.165, 1.54) is 38.2 Å². The van der Waals surface area contributed by atoms with Crippen molar-refractivity contribution in [3.63, 3.8) is 0 Å². The molecule has 18 heavy (non-hydrogen) atoms. The largest absolute Gasteiger partial charge is 0.314 e. The summed E-state index contributed by atoms with van der Waals surface area (Å²) in [6.07, 6.45) is 4.59. The minimum atomic E-state index is 0. The summed E-state index contributed by atoms with van der Waals surface area (Å²) in [4.78, 5) is 2.59. The van der Waals surface area contributed by atoms with E-state index in [0.717, 1.165) is 25.0 Å². The summed E-state index contributed by atoms with van der Waals surface area (Å²) in [5.74, 6) is 0.877. The van der Waals surface area contributed by atoms with Gasteiger partial charge in [0.2, 0.25) is 0 Å². The van der Waals surface area contributed by atoms with Crippen molar-refractivity contribution in [2.45, 2.75) is 38.9 Å². The molecule has 1 aromatic heterocycles. The number of rotatable bonds is 3. The highest BCUT2D eigenvalue weighted by atomic mass is 35.5. The lowest BCUT2D eigenvalue weighted by Gasteiger charge is -2.34. The summed E-state index contributed by atoms with van der Waals surface area (Å²) < 4.78 is 2.11. The van der Waals surface area contributed by atoms with Gasteiger partial charge in [0.15, 0.2) is 0 Å². The van der Waals surface area contributed by atoms with Crippen LogP contribution in [-0.2, 0) is 13.1 Å². The van der Waals surface area contributed by atoms with Gasteiger partial charge in [0.05, 0.1) is 5.69 Å². The summed E-state index contributed by atoms with van der Waals surface area (Å²) in [6.45, 7) is 7.90. The van der Waals surface area contributed by atoms with Gasteiger partial charge >= 0.3 is 0 Å². The van der Waals surface area contributed by atoms with E-state index in [2.05, 4.69) is 33.0 Å². The van der Waals surface area contributed by atoms with Gasteiger partial charge in [0.25, 0.3) is 0 Å². The maximum Gasteiger partial charge on any atom is 0.0524 e. The molecule has 0 bridgehead atoms. The highest BCUT2D eigenvalue weighted by Crippen LogP contribution is 2.25. The molecule has 0 aliphatic carbocycles. The van der Waals surface area contributed by atoms with Crippen molar-refractivity contribution in [2.24, 2.45) is 5.92 Å². The van der Waals surface area contributed by atoms with E-state index in [4.69, 9.17) is 0 Å². The zero-order chi connectivity index (χ0) is 11.7. The van der Waals surface area contributed by atoms with Gasteiger partial charge in [-0.25, -0.2) is 0 Å². The van der Waals surface area contributed by atoms with Gasteiger partial charge in [-0.3, -0.25) is 9.58 Å². The zero-order valence-corrected chi connectivity index (χ0v) is 11.8. The zero-order valence-electron chi connectivity index (χ0n) is 11.0. The first-order valence-electron chi connectivity index (χ1n) is 6.83. The Hall–Kier alpha value is -0.580. The van der Waals surface area contributed by atoms with Crippen LogP contribution in [0.1, 0.15) is 25.5 Å². The van der Waals surface area contributed by atoms with Crippen LogP contribution in [0.4, 0.5) is 0 Å². The average molecular weight is 271 g/mol. The molecular formula is C13H23ClN4. The Kier molecular flexibility index (Phi) is 4.65. The number of hydrogen-bond donors (Lipinski definition) is 1. The van der Waals surface area contributed by atoms with Crippen molar-refractivity contribution >= 4 is 12.4 Å². The predicted molar refractivity (Wildman–Crippen MR) is 74.9 cm³/mol. The van der Waals surface area contributed by atoms with E-state index in [9.17, 15) is 0 Å². The SMILES string of the molecule is CCn1nccc1CN1CCC2NCCC2C1.Cl. The first kappa shape index (κ1) is 13.8. The molecule has 2 aliphatic heterocycles. The van der Waals surface area contributed by atoms with E-state index in [-0.39, 0.29) is 12.4 Å². The molecule has 0 aromatic carbocycles. The average Bonchev–Trinajstić information content (AvgIpc) is 2.96. The highest BCUT2D eigenvalue weighted by Gasteiger charge is 2.32. The minimum absolute atomic E-state index is 0. The Morgan fingerprint density at radius 3 is 3.17 bits per heavy atom. The third kappa shape index (κ3) is 2.71. The van der Waals surface area contributed by atoms with Crippen LogP contribution >= 0.6 is 12.4 Å². The van der Waals surface area contributed by atoms with Crippen LogP contribution < -0.4 is 5.32 Å². The minimum Gasteiger partial charge on any atom is -0.314 e. The van der Waals surface area contributed by atoms with Crippen LogP contribution in [0.25, 0.3) is 0 Å². The molecular weight excluding hydrogens is 248 g/mol.